The van der Waals surface area contributed by atoms with E-state index in [1.165, 1.54) is 24.8 Å². The van der Waals surface area contributed by atoms with Gasteiger partial charge in [-0.25, -0.2) is 4.79 Å². The molecule has 2 fully saturated rings. The van der Waals surface area contributed by atoms with Crippen LogP contribution in [0, 0.1) is 5.92 Å². The van der Waals surface area contributed by atoms with Gasteiger partial charge in [-0.3, -0.25) is 9.69 Å². The van der Waals surface area contributed by atoms with E-state index in [-0.39, 0.29) is 18.6 Å². The van der Waals surface area contributed by atoms with Crippen molar-refractivity contribution in [2.75, 3.05) is 19.7 Å². The molecule has 1 saturated carbocycles. The summed E-state index contributed by atoms with van der Waals surface area (Å²) in [7, 11) is 0. The van der Waals surface area contributed by atoms with Crippen LogP contribution in [-0.2, 0) is 16.0 Å². The molecule has 2 aliphatic rings. The van der Waals surface area contributed by atoms with Crippen molar-refractivity contribution in [2.45, 2.75) is 44.6 Å². The molecule has 5 heteroatoms. The number of nitrogens with one attached hydrogen (secondary N) is 1. The average Bonchev–Trinajstić information content (AvgIpc) is 2.97. The Balaban J connectivity index is 1.49. The smallest absolute Gasteiger partial charge is 0.410 e. The summed E-state index contributed by atoms with van der Waals surface area (Å²) in [6.45, 7) is 1.39. The molecule has 0 aromatic heterocycles. The highest BCUT2D eigenvalue weighted by Gasteiger charge is 2.39. The number of carbonyl (C=O) groups excluding carboxylic acids is 2. The van der Waals surface area contributed by atoms with Crippen LogP contribution in [0.1, 0.15) is 37.7 Å². The highest BCUT2D eigenvalue weighted by atomic mass is 16.6. The number of rotatable bonds is 6. The first-order valence-corrected chi connectivity index (χ1v) is 8.99. The molecule has 5 nitrogen and oxygen atoms in total. The lowest BCUT2D eigenvalue weighted by atomic mass is 9.89. The summed E-state index contributed by atoms with van der Waals surface area (Å²) in [5.41, 5.74) is 1.19. The molecule has 1 heterocycles. The highest BCUT2D eigenvalue weighted by Crippen LogP contribution is 2.26. The van der Waals surface area contributed by atoms with Crippen LogP contribution < -0.4 is 5.32 Å². The van der Waals surface area contributed by atoms with Crippen molar-refractivity contribution in [3.8, 4) is 0 Å². The van der Waals surface area contributed by atoms with Gasteiger partial charge >= 0.3 is 6.09 Å². The van der Waals surface area contributed by atoms with Gasteiger partial charge in [-0.1, -0.05) is 49.6 Å². The Hall–Kier alpha value is -2.04. The maximum Gasteiger partial charge on any atom is 0.410 e. The number of hydrogen-bond donors (Lipinski definition) is 1. The van der Waals surface area contributed by atoms with Crippen molar-refractivity contribution in [3.05, 3.63) is 35.9 Å². The van der Waals surface area contributed by atoms with Gasteiger partial charge in [-0.2, -0.15) is 0 Å². The molecule has 1 aromatic rings. The standard InChI is InChI=1S/C19H26N2O3/c22-18(20-12-11-15-7-3-1-4-8-15)17-14-24-19(23)21(17)13-16-9-5-2-6-10-16/h1,3-4,7-8,16-17H,2,5-6,9-14H2,(H,20,22)/t17-/m0/s1. The highest BCUT2D eigenvalue weighted by molar-refractivity contribution is 5.87. The second-order valence-electron chi connectivity index (χ2n) is 6.78. The summed E-state index contributed by atoms with van der Waals surface area (Å²) in [6, 6.07) is 9.58. The number of ether oxygens (including phenoxy) is 1. The molecule has 130 valence electrons. The molecule has 1 N–H and O–H groups in total. The number of hydrogen-bond acceptors (Lipinski definition) is 3. The van der Waals surface area contributed by atoms with Gasteiger partial charge in [0.05, 0.1) is 0 Å². The second-order valence-corrected chi connectivity index (χ2v) is 6.78. The lowest BCUT2D eigenvalue weighted by Gasteiger charge is -2.28. The quantitative estimate of drug-likeness (QED) is 0.872. The molecule has 0 spiro atoms. The van der Waals surface area contributed by atoms with Gasteiger partial charge in [-0.05, 0) is 30.7 Å². The normalized spacial score (nSPS) is 21.6. The van der Waals surface area contributed by atoms with Crippen molar-refractivity contribution >= 4 is 12.0 Å². The maximum atomic E-state index is 12.4. The fourth-order valence-corrected chi connectivity index (χ4v) is 3.61. The molecule has 1 aliphatic heterocycles. The Labute approximate surface area is 143 Å². The zero-order valence-corrected chi connectivity index (χ0v) is 14.1. The van der Waals surface area contributed by atoms with Crippen LogP contribution in [-0.4, -0.2) is 42.6 Å². The van der Waals surface area contributed by atoms with Gasteiger partial charge in [0, 0.05) is 13.1 Å². The van der Waals surface area contributed by atoms with Gasteiger partial charge in [0.25, 0.3) is 0 Å². The zero-order valence-electron chi connectivity index (χ0n) is 14.1. The number of benzene rings is 1. The molecule has 1 atom stereocenters. The van der Waals surface area contributed by atoms with Gasteiger partial charge in [-0.15, -0.1) is 0 Å². The lowest BCUT2D eigenvalue weighted by molar-refractivity contribution is -0.125. The van der Waals surface area contributed by atoms with E-state index >= 15 is 0 Å². The number of cyclic esters (lactones) is 1. The Morgan fingerprint density at radius 1 is 1.17 bits per heavy atom. The van der Waals surface area contributed by atoms with Crippen LogP contribution in [0.4, 0.5) is 4.79 Å². The van der Waals surface area contributed by atoms with Gasteiger partial charge in [0.1, 0.15) is 12.6 Å². The van der Waals surface area contributed by atoms with Crippen LogP contribution in [0.5, 0.6) is 0 Å². The van der Waals surface area contributed by atoms with Crippen molar-refractivity contribution in [3.63, 3.8) is 0 Å². The van der Waals surface area contributed by atoms with E-state index in [1.54, 1.807) is 4.90 Å². The minimum atomic E-state index is -0.477. The van der Waals surface area contributed by atoms with Crippen LogP contribution in [0.15, 0.2) is 30.3 Å². The Bertz CT molecular complexity index is 555. The molecule has 1 saturated heterocycles. The molecule has 0 bridgehead atoms. The Morgan fingerprint density at radius 3 is 2.67 bits per heavy atom. The molecule has 1 aliphatic carbocycles. The van der Waals surface area contributed by atoms with E-state index in [9.17, 15) is 9.59 Å². The van der Waals surface area contributed by atoms with Crippen molar-refractivity contribution in [1.82, 2.24) is 10.2 Å². The van der Waals surface area contributed by atoms with Gasteiger partial charge in [0.2, 0.25) is 5.91 Å². The minimum Gasteiger partial charge on any atom is -0.447 e. The summed E-state index contributed by atoms with van der Waals surface area (Å²) >= 11 is 0. The fraction of sp³-hybridized carbons (Fsp3) is 0.579. The molecule has 3 rings (SSSR count). The van der Waals surface area contributed by atoms with Crippen molar-refractivity contribution in [1.29, 1.82) is 0 Å². The third kappa shape index (κ3) is 4.28. The Morgan fingerprint density at radius 2 is 1.92 bits per heavy atom. The summed E-state index contributed by atoms with van der Waals surface area (Å²) in [5.74, 6) is 0.400. The van der Waals surface area contributed by atoms with E-state index < -0.39 is 6.04 Å². The second kappa shape index (κ2) is 8.18. The topological polar surface area (TPSA) is 58.6 Å². The maximum absolute atomic E-state index is 12.4. The molecule has 0 unspecified atom stereocenters. The minimum absolute atomic E-state index is 0.104. The molecule has 2 amide bonds. The van der Waals surface area contributed by atoms with Crippen LogP contribution in [0.25, 0.3) is 0 Å². The summed E-state index contributed by atoms with van der Waals surface area (Å²) in [5, 5.41) is 2.95. The monoisotopic (exact) mass is 330 g/mol. The predicted octanol–water partition coefficient (Wildman–Crippen LogP) is 2.75. The third-order valence-electron chi connectivity index (χ3n) is 5.01. The molecule has 0 radical (unpaired) electrons. The predicted molar refractivity (Wildman–Crippen MR) is 91.6 cm³/mol. The van der Waals surface area contributed by atoms with E-state index in [4.69, 9.17) is 4.74 Å². The van der Waals surface area contributed by atoms with Crippen LogP contribution >= 0.6 is 0 Å². The SMILES string of the molecule is O=C(NCCc1ccccc1)[C@@H]1COC(=O)N1CC1CCCCC1. The van der Waals surface area contributed by atoms with Gasteiger partial charge < -0.3 is 10.1 Å². The first-order valence-electron chi connectivity index (χ1n) is 8.99. The summed E-state index contributed by atoms with van der Waals surface area (Å²) < 4.78 is 5.13. The van der Waals surface area contributed by atoms with Crippen LogP contribution in [0.2, 0.25) is 0 Å². The Kier molecular flexibility index (Phi) is 5.72. The average molecular weight is 330 g/mol. The number of amides is 2. The van der Waals surface area contributed by atoms with E-state index in [0.717, 1.165) is 19.3 Å². The first kappa shape index (κ1) is 16.8. The molecule has 1 aromatic carbocycles. The van der Waals surface area contributed by atoms with Crippen LogP contribution in [0.3, 0.4) is 0 Å². The fourth-order valence-electron chi connectivity index (χ4n) is 3.61. The largest absolute Gasteiger partial charge is 0.447 e. The van der Waals surface area contributed by atoms with Gasteiger partial charge in [0.15, 0.2) is 0 Å². The molecular formula is C19H26N2O3. The van der Waals surface area contributed by atoms with Crippen molar-refractivity contribution < 1.29 is 14.3 Å². The molecule has 24 heavy (non-hydrogen) atoms. The van der Waals surface area contributed by atoms with Crippen molar-refractivity contribution in [2.24, 2.45) is 5.92 Å². The lowest BCUT2D eigenvalue weighted by Crippen LogP contribution is -2.47. The van der Waals surface area contributed by atoms with E-state index in [0.29, 0.717) is 19.0 Å². The summed E-state index contributed by atoms with van der Waals surface area (Å²) in [6.07, 6.45) is 6.46. The number of carbonyl (C=O) groups is 2. The first-order chi connectivity index (χ1) is 11.7. The van der Waals surface area contributed by atoms with E-state index in [1.807, 2.05) is 30.3 Å². The zero-order chi connectivity index (χ0) is 16.8. The molecular weight excluding hydrogens is 304 g/mol. The third-order valence-corrected chi connectivity index (χ3v) is 5.01. The number of nitrogens with zero attached hydrogens (tertiary/aromatic N) is 1. The summed E-state index contributed by atoms with van der Waals surface area (Å²) in [4.78, 5) is 26.1. The van der Waals surface area contributed by atoms with E-state index in [2.05, 4.69) is 5.32 Å².